The largest absolute Gasteiger partial charge is 0.376 e. The molecule has 1 aliphatic rings. The Bertz CT molecular complexity index is 706. The summed E-state index contributed by atoms with van der Waals surface area (Å²) in [4.78, 5) is 18.7. The number of anilines is 2. The molecule has 0 radical (unpaired) electrons. The van der Waals surface area contributed by atoms with Gasteiger partial charge in [-0.05, 0) is 19.1 Å². The highest BCUT2D eigenvalue weighted by Crippen LogP contribution is 2.19. The maximum atomic E-state index is 12.6. The third-order valence-electron chi connectivity index (χ3n) is 4.33. The Balaban J connectivity index is 1.64. The van der Waals surface area contributed by atoms with Crippen LogP contribution in [0.5, 0.6) is 0 Å². The second-order valence-corrected chi connectivity index (χ2v) is 6.31. The van der Waals surface area contributed by atoms with Crippen molar-refractivity contribution in [2.45, 2.75) is 6.92 Å². The maximum absolute atomic E-state index is 12.6. The molecule has 0 bridgehead atoms. The van der Waals surface area contributed by atoms with Crippen LogP contribution in [0, 0.1) is 6.92 Å². The first kappa shape index (κ1) is 16.2. The average Bonchev–Trinajstić information content (AvgIpc) is 2.62. The number of aryl methyl sites for hydroxylation is 1. The minimum absolute atomic E-state index is 0.0998. The van der Waals surface area contributed by atoms with Crippen molar-refractivity contribution in [3.63, 3.8) is 0 Å². The van der Waals surface area contributed by atoms with E-state index in [1.165, 1.54) is 0 Å². The van der Waals surface area contributed by atoms with E-state index in [1.54, 1.807) is 6.20 Å². The molecular weight excluding hydrogens is 302 g/mol. The van der Waals surface area contributed by atoms with Gasteiger partial charge in [0.25, 0.3) is 5.91 Å². The monoisotopic (exact) mass is 325 g/mol. The summed E-state index contributed by atoms with van der Waals surface area (Å²) in [6, 6.07) is 9.79. The van der Waals surface area contributed by atoms with Crippen molar-refractivity contribution in [2.24, 2.45) is 0 Å². The zero-order valence-electron chi connectivity index (χ0n) is 14.4. The van der Waals surface area contributed by atoms with Gasteiger partial charge in [-0.25, -0.2) is 0 Å². The van der Waals surface area contributed by atoms with E-state index in [2.05, 4.69) is 15.1 Å². The molecule has 0 N–H and O–H groups in total. The molecule has 1 aromatic carbocycles. The smallest absolute Gasteiger partial charge is 0.253 e. The molecule has 24 heavy (non-hydrogen) atoms. The van der Waals surface area contributed by atoms with Crippen LogP contribution in [0.15, 0.2) is 36.5 Å². The van der Waals surface area contributed by atoms with Gasteiger partial charge in [-0.1, -0.05) is 17.7 Å². The lowest BCUT2D eigenvalue weighted by Crippen LogP contribution is -2.49. The summed E-state index contributed by atoms with van der Waals surface area (Å²) in [6.45, 7) is 4.95. The van der Waals surface area contributed by atoms with Gasteiger partial charge in [0, 0.05) is 51.9 Å². The minimum atomic E-state index is 0.0998. The zero-order valence-corrected chi connectivity index (χ0v) is 14.4. The lowest BCUT2D eigenvalue weighted by Gasteiger charge is -2.35. The minimum Gasteiger partial charge on any atom is -0.376 e. The molecule has 0 saturated carbocycles. The van der Waals surface area contributed by atoms with E-state index in [4.69, 9.17) is 0 Å². The molecular formula is C18H23N5O. The Hall–Kier alpha value is -2.63. The molecule has 1 aliphatic heterocycles. The van der Waals surface area contributed by atoms with E-state index < -0.39 is 0 Å². The lowest BCUT2D eigenvalue weighted by molar-refractivity contribution is 0.0746. The zero-order chi connectivity index (χ0) is 17.1. The van der Waals surface area contributed by atoms with E-state index in [0.717, 1.165) is 35.7 Å². The molecule has 0 spiro atoms. The Kier molecular flexibility index (Phi) is 4.64. The number of rotatable bonds is 3. The van der Waals surface area contributed by atoms with E-state index in [9.17, 15) is 4.79 Å². The van der Waals surface area contributed by atoms with Gasteiger partial charge in [-0.15, -0.1) is 5.10 Å². The highest BCUT2D eigenvalue weighted by Gasteiger charge is 2.23. The number of amides is 1. The van der Waals surface area contributed by atoms with Crippen molar-refractivity contribution in [2.75, 3.05) is 50.1 Å². The highest BCUT2D eigenvalue weighted by molar-refractivity contribution is 5.94. The molecule has 1 amide bonds. The fourth-order valence-corrected chi connectivity index (χ4v) is 2.76. The van der Waals surface area contributed by atoms with Crippen molar-refractivity contribution < 1.29 is 4.79 Å². The topological polar surface area (TPSA) is 52.6 Å². The Morgan fingerprint density at radius 3 is 2.38 bits per heavy atom. The molecule has 1 fully saturated rings. The molecule has 3 rings (SSSR count). The first-order valence-electron chi connectivity index (χ1n) is 8.15. The quantitative estimate of drug-likeness (QED) is 0.861. The number of nitrogens with zero attached hydrogens (tertiary/aromatic N) is 5. The SMILES string of the molecule is Cc1ccc(C(=O)N2CCN(c3cc(N(C)C)cnn3)CC2)cc1. The van der Waals surface area contributed by atoms with E-state index in [-0.39, 0.29) is 5.91 Å². The van der Waals surface area contributed by atoms with Gasteiger partial charge in [0.1, 0.15) is 0 Å². The van der Waals surface area contributed by atoms with Crippen molar-refractivity contribution in [3.05, 3.63) is 47.7 Å². The normalized spacial score (nSPS) is 14.6. The summed E-state index contributed by atoms with van der Waals surface area (Å²) >= 11 is 0. The van der Waals surface area contributed by atoms with E-state index in [0.29, 0.717) is 13.1 Å². The number of carbonyl (C=O) groups is 1. The highest BCUT2D eigenvalue weighted by atomic mass is 16.2. The van der Waals surface area contributed by atoms with Crippen molar-refractivity contribution >= 4 is 17.4 Å². The van der Waals surface area contributed by atoms with Gasteiger partial charge >= 0.3 is 0 Å². The van der Waals surface area contributed by atoms with Crippen LogP contribution >= 0.6 is 0 Å². The van der Waals surface area contributed by atoms with Gasteiger partial charge in [-0.2, -0.15) is 5.10 Å². The molecule has 0 atom stereocenters. The number of benzene rings is 1. The number of carbonyl (C=O) groups excluding carboxylic acids is 1. The molecule has 0 unspecified atom stereocenters. The van der Waals surface area contributed by atoms with Crippen LogP contribution in [0.4, 0.5) is 11.5 Å². The number of piperazine rings is 1. The molecule has 0 aliphatic carbocycles. The van der Waals surface area contributed by atoms with E-state index >= 15 is 0 Å². The summed E-state index contributed by atoms with van der Waals surface area (Å²) in [5.41, 5.74) is 2.94. The summed E-state index contributed by atoms with van der Waals surface area (Å²) in [6.07, 6.45) is 1.75. The van der Waals surface area contributed by atoms with Crippen LogP contribution in [0.1, 0.15) is 15.9 Å². The lowest BCUT2D eigenvalue weighted by atomic mass is 10.1. The standard InChI is InChI=1S/C18H23N5O/c1-14-4-6-15(7-5-14)18(24)23-10-8-22(9-11-23)17-12-16(21(2)3)13-19-20-17/h4-7,12-13H,8-11H2,1-3H3. The molecule has 6 nitrogen and oxygen atoms in total. The summed E-state index contributed by atoms with van der Waals surface area (Å²) in [7, 11) is 3.97. The van der Waals surface area contributed by atoms with Crippen molar-refractivity contribution in [1.29, 1.82) is 0 Å². The molecule has 2 aromatic rings. The molecule has 1 saturated heterocycles. The number of hydrogen-bond donors (Lipinski definition) is 0. The first-order chi connectivity index (χ1) is 11.5. The second kappa shape index (κ2) is 6.86. The van der Waals surface area contributed by atoms with Gasteiger partial charge in [-0.3, -0.25) is 4.79 Å². The van der Waals surface area contributed by atoms with Crippen LogP contribution in [0.2, 0.25) is 0 Å². The predicted molar refractivity (Wildman–Crippen MR) is 95.7 cm³/mol. The van der Waals surface area contributed by atoms with Gasteiger partial charge < -0.3 is 14.7 Å². The van der Waals surface area contributed by atoms with Gasteiger partial charge in [0.2, 0.25) is 0 Å². The summed E-state index contributed by atoms with van der Waals surface area (Å²) < 4.78 is 0. The Morgan fingerprint density at radius 2 is 1.75 bits per heavy atom. The van der Waals surface area contributed by atoms with Crippen LogP contribution in [-0.4, -0.2) is 61.3 Å². The van der Waals surface area contributed by atoms with Gasteiger partial charge in [0.15, 0.2) is 5.82 Å². The molecule has 1 aromatic heterocycles. The van der Waals surface area contributed by atoms with Crippen LogP contribution in [-0.2, 0) is 0 Å². The summed E-state index contributed by atoms with van der Waals surface area (Å²) in [5, 5.41) is 8.31. The molecule has 126 valence electrons. The fourth-order valence-electron chi connectivity index (χ4n) is 2.76. The van der Waals surface area contributed by atoms with E-state index in [1.807, 2.05) is 61.2 Å². The maximum Gasteiger partial charge on any atom is 0.253 e. The van der Waals surface area contributed by atoms with Crippen molar-refractivity contribution in [3.8, 4) is 0 Å². The Morgan fingerprint density at radius 1 is 1.08 bits per heavy atom. The van der Waals surface area contributed by atoms with Gasteiger partial charge in [0.05, 0.1) is 11.9 Å². The van der Waals surface area contributed by atoms with Crippen molar-refractivity contribution in [1.82, 2.24) is 15.1 Å². The average molecular weight is 325 g/mol. The predicted octanol–water partition coefficient (Wildman–Crippen LogP) is 1.81. The van der Waals surface area contributed by atoms with Crippen LogP contribution in [0.3, 0.4) is 0 Å². The number of aromatic nitrogens is 2. The third-order valence-corrected chi connectivity index (χ3v) is 4.33. The third kappa shape index (κ3) is 3.48. The van der Waals surface area contributed by atoms with Crippen LogP contribution in [0.25, 0.3) is 0 Å². The molecule has 6 heteroatoms. The summed E-state index contributed by atoms with van der Waals surface area (Å²) in [5.74, 6) is 0.964. The first-order valence-corrected chi connectivity index (χ1v) is 8.15. The Labute approximate surface area is 142 Å². The molecule has 2 heterocycles. The van der Waals surface area contributed by atoms with Crippen LogP contribution < -0.4 is 9.80 Å². The number of hydrogen-bond acceptors (Lipinski definition) is 5. The second-order valence-electron chi connectivity index (χ2n) is 6.31. The fraction of sp³-hybridized carbons (Fsp3) is 0.389.